The first-order chi connectivity index (χ1) is 9.16. The molecule has 4 fully saturated rings. The van der Waals surface area contributed by atoms with E-state index in [9.17, 15) is 9.90 Å². The Hall–Kier alpha value is -1.39. The zero-order valence-electron chi connectivity index (χ0n) is 10.9. The maximum atomic E-state index is 11.8. The minimum atomic E-state index is -0.743. The number of carboxylic acids is 1. The van der Waals surface area contributed by atoms with Crippen molar-refractivity contribution < 1.29 is 9.90 Å². The fourth-order valence-corrected chi connectivity index (χ4v) is 5.52. The molecule has 4 bridgehead atoms. The Morgan fingerprint density at radius 3 is 2.21 bits per heavy atom. The molecule has 102 valence electrons. The van der Waals surface area contributed by atoms with E-state index >= 15 is 0 Å². The summed E-state index contributed by atoms with van der Waals surface area (Å²) in [5.41, 5.74) is -0.0751. The van der Waals surface area contributed by atoms with Gasteiger partial charge in [-0.2, -0.15) is 0 Å². The quantitative estimate of drug-likeness (QED) is 0.905. The normalized spacial score (nSPS) is 41.4. The van der Waals surface area contributed by atoms with Crippen molar-refractivity contribution in [2.45, 2.75) is 44.6 Å². The molecule has 4 aliphatic rings. The molecule has 0 radical (unpaired) electrons. The molecule has 0 saturated heterocycles. The van der Waals surface area contributed by atoms with Gasteiger partial charge in [0.2, 0.25) is 0 Å². The minimum absolute atomic E-state index is 0.0751. The first-order valence-electron chi connectivity index (χ1n) is 7.25. The van der Waals surface area contributed by atoms with Crippen LogP contribution >= 0.6 is 0 Å². The van der Waals surface area contributed by atoms with Crippen LogP contribution in [0, 0.1) is 23.2 Å². The highest BCUT2D eigenvalue weighted by Crippen LogP contribution is 2.63. The van der Waals surface area contributed by atoms with Crippen LogP contribution in [0.15, 0.2) is 12.4 Å². The smallest absolute Gasteiger partial charge is 0.329 e. The number of hydrogen-bond acceptors (Lipinski definition) is 3. The van der Waals surface area contributed by atoms with Crippen molar-refractivity contribution >= 4 is 5.97 Å². The van der Waals surface area contributed by atoms with Crippen LogP contribution in [0.4, 0.5) is 0 Å². The molecule has 5 rings (SSSR count). The maximum Gasteiger partial charge on any atom is 0.329 e. The van der Waals surface area contributed by atoms with Gasteiger partial charge in [0.25, 0.3) is 0 Å². The van der Waals surface area contributed by atoms with E-state index in [0.29, 0.717) is 0 Å². The van der Waals surface area contributed by atoms with Gasteiger partial charge in [0.15, 0.2) is 6.04 Å². The van der Waals surface area contributed by atoms with Crippen LogP contribution in [0.2, 0.25) is 0 Å². The zero-order chi connectivity index (χ0) is 13.0. The second-order valence-corrected chi connectivity index (χ2v) is 6.90. The predicted molar refractivity (Wildman–Crippen MR) is 67.3 cm³/mol. The predicted octanol–water partition coefficient (Wildman–Crippen LogP) is 2.12. The number of aromatic nitrogens is 3. The number of carbonyl (C=O) groups is 1. The van der Waals surface area contributed by atoms with E-state index in [0.717, 1.165) is 37.0 Å². The van der Waals surface area contributed by atoms with Gasteiger partial charge in [0, 0.05) is 11.6 Å². The molecule has 0 amide bonds. The van der Waals surface area contributed by atoms with Crippen LogP contribution in [-0.2, 0) is 4.79 Å². The molecular formula is C14H19N3O2. The molecule has 19 heavy (non-hydrogen) atoms. The summed E-state index contributed by atoms with van der Waals surface area (Å²) in [5.74, 6) is 1.50. The Morgan fingerprint density at radius 1 is 1.21 bits per heavy atom. The van der Waals surface area contributed by atoms with Crippen molar-refractivity contribution in [3.05, 3.63) is 12.4 Å². The monoisotopic (exact) mass is 261 g/mol. The van der Waals surface area contributed by atoms with E-state index < -0.39 is 12.0 Å². The molecule has 4 aliphatic carbocycles. The fourth-order valence-electron chi connectivity index (χ4n) is 5.52. The number of rotatable bonds is 3. The molecule has 1 aromatic rings. The lowest BCUT2D eigenvalue weighted by atomic mass is 9.47. The van der Waals surface area contributed by atoms with Gasteiger partial charge in [-0.25, -0.2) is 9.48 Å². The highest BCUT2D eigenvalue weighted by atomic mass is 16.4. The third kappa shape index (κ3) is 1.63. The van der Waals surface area contributed by atoms with Gasteiger partial charge in [-0.15, -0.1) is 5.10 Å². The zero-order valence-corrected chi connectivity index (χ0v) is 10.9. The number of nitrogens with zero attached hydrogens (tertiary/aromatic N) is 3. The average Bonchev–Trinajstić information content (AvgIpc) is 2.79. The summed E-state index contributed by atoms with van der Waals surface area (Å²) in [5, 5.41) is 17.5. The molecule has 1 atom stereocenters. The first-order valence-corrected chi connectivity index (χ1v) is 7.25. The third-order valence-electron chi connectivity index (χ3n) is 5.61. The molecule has 0 aliphatic heterocycles. The van der Waals surface area contributed by atoms with Gasteiger partial charge in [0.1, 0.15) is 0 Å². The lowest BCUT2D eigenvalue weighted by molar-refractivity contribution is -0.156. The Balaban J connectivity index is 1.75. The van der Waals surface area contributed by atoms with E-state index in [1.165, 1.54) is 19.3 Å². The number of hydrogen-bond donors (Lipinski definition) is 1. The van der Waals surface area contributed by atoms with E-state index in [4.69, 9.17) is 0 Å². The molecule has 1 aromatic heterocycles. The van der Waals surface area contributed by atoms with Crippen molar-refractivity contribution in [3.8, 4) is 0 Å². The van der Waals surface area contributed by atoms with Gasteiger partial charge in [-0.3, -0.25) is 0 Å². The summed E-state index contributed by atoms with van der Waals surface area (Å²) in [4.78, 5) is 11.8. The third-order valence-corrected chi connectivity index (χ3v) is 5.61. The first kappa shape index (κ1) is 11.4. The molecule has 5 heteroatoms. The topological polar surface area (TPSA) is 68.0 Å². The molecule has 5 nitrogen and oxygen atoms in total. The van der Waals surface area contributed by atoms with Crippen LogP contribution in [0.5, 0.6) is 0 Å². The van der Waals surface area contributed by atoms with Crippen molar-refractivity contribution in [1.29, 1.82) is 0 Å². The standard InChI is InChI=1S/C14H19N3O2/c18-13(19)12(17-2-1-15-16-17)14-6-9-3-10(7-14)5-11(4-9)8-14/h1-2,9-12H,3-8H2,(H,18,19). The summed E-state index contributed by atoms with van der Waals surface area (Å²) < 4.78 is 1.58. The van der Waals surface area contributed by atoms with E-state index in [-0.39, 0.29) is 5.41 Å². The molecule has 1 unspecified atom stereocenters. The van der Waals surface area contributed by atoms with E-state index in [2.05, 4.69) is 10.3 Å². The van der Waals surface area contributed by atoms with Crippen LogP contribution in [-0.4, -0.2) is 26.1 Å². The van der Waals surface area contributed by atoms with E-state index in [1.54, 1.807) is 17.1 Å². The van der Waals surface area contributed by atoms with Crippen LogP contribution in [0.25, 0.3) is 0 Å². The lowest BCUT2D eigenvalue weighted by Gasteiger charge is -2.58. The molecule has 4 saturated carbocycles. The van der Waals surface area contributed by atoms with Gasteiger partial charge in [-0.1, -0.05) is 5.21 Å². The minimum Gasteiger partial charge on any atom is -0.480 e. The molecule has 1 N–H and O–H groups in total. The van der Waals surface area contributed by atoms with Gasteiger partial charge < -0.3 is 5.11 Å². The summed E-state index contributed by atoms with van der Waals surface area (Å²) in [6.07, 6.45) is 10.4. The van der Waals surface area contributed by atoms with Crippen molar-refractivity contribution in [2.75, 3.05) is 0 Å². The van der Waals surface area contributed by atoms with Crippen molar-refractivity contribution in [3.63, 3.8) is 0 Å². The second-order valence-electron chi connectivity index (χ2n) is 6.90. The fraction of sp³-hybridized carbons (Fsp3) is 0.786. The van der Waals surface area contributed by atoms with Gasteiger partial charge in [-0.05, 0) is 56.3 Å². The second kappa shape index (κ2) is 3.81. The number of aliphatic carboxylic acids is 1. The Bertz CT molecular complexity index is 462. The average molecular weight is 261 g/mol. The summed E-state index contributed by atoms with van der Waals surface area (Å²) in [6, 6.07) is -0.525. The Labute approximate surface area is 112 Å². The largest absolute Gasteiger partial charge is 0.480 e. The maximum absolute atomic E-state index is 11.8. The summed E-state index contributed by atoms with van der Waals surface area (Å²) in [7, 11) is 0. The van der Waals surface area contributed by atoms with Gasteiger partial charge >= 0.3 is 5.97 Å². The van der Waals surface area contributed by atoms with Crippen LogP contribution in [0.1, 0.15) is 44.6 Å². The van der Waals surface area contributed by atoms with Crippen molar-refractivity contribution in [2.24, 2.45) is 23.2 Å². The molecular weight excluding hydrogens is 242 g/mol. The Morgan fingerprint density at radius 2 is 1.79 bits per heavy atom. The highest BCUT2D eigenvalue weighted by molar-refractivity contribution is 5.73. The van der Waals surface area contributed by atoms with Crippen molar-refractivity contribution in [1.82, 2.24) is 15.0 Å². The Kier molecular flexibility index (Phi) is 2.29. The van der Waals surface area contributed by atoms with Gasteiger partial charge in [0.05, 0.1) is 6.20 Å². The highest BCUT2D eigenvalue weighted by Gasteiger charge is 2.57. The molecule has 1 heterocycles. The lowest BCUT2D eigenvalue weighted by Crippen LogP contribution is -2.52. The number of carboxylic acid groups (broad SMARTS) is 1. The van der Waals surface area contributed by atoms with E-state index in [1.807, 2.05) is 0 Å². The van der Waals surface area contributed by atoms with Crippen LogP contribution < -0.4 is 0 Å². The SMILES string of the molecule is O=C(O)C(n1ccnn1)C12CC3CC(CC(C3)C1)C2. The summed E-state index contributed by atoms with van der Waals surface area (Å²) >= 11 is 0. The molecule has 0 aromatic carbocycles. The summed E-state index contributed by atoms with van der Waals surface area (Å²) in [6.45, 7) is 0. The molecule has 0 spiro atoms. The van der Waals surface area contributed by atoms with Crippen LogP contribution in [0.3, 0.4) is 0 Å².